The van der Waals surface area contributed by atoms with Crippen LogP contribution >= 0.6 is 11.3 Å². The number of piperazine rings is 1. The Morgan fingerprint density at radius 1 is 1.09 bits per heavy atom. The van der Waals surface area contributed by atoms with Crippen LogP contribution in [0.25, 0.3) is 20.2 Å². The van der Waals surface area contributed by atoms with Gasteiger partial charge in [0.05, 0.1) is 15.8 Å². The summed E-state index contributed by atoms with van der Waals surface area (Å²) in [4.78, 5) is 30.5. The molecule has 6 nitrogen and oxygen atoms in total. The van der Waals surface area contributed by atoms with Crippen LogP contribution < -0.4 is 5.56 Å². The summed E-state index contributed by atoms with van der Waals surface area (Å²) in [6.07, 6.45) is 7.83. The quantitative estimate of drug-likeness (QED) is 0.583. The summed E-state index contributed by atoms with van der Waals surface area (Å²) < 4.78 is 3.65. The number of hydrogen-bond acceptors (Lipinski definition) is 5. The van der Waals surface area contributed by atoms with Crippen LogP contribution in [0, 0.1) is 6.92 Å². The average Bonchev–Trinajstić information content (AvgIpc) is 3.23. The van der Waals surface area contributed by atoms with Crippen molar-refractivity contribution in [2.45, 2.75) is 64.5 Å². The molecule has 32 heavy (non-hydrogen) atoms. The van der Waals surface area contributed by atoms with E-state index in [2.05, 4.69) is 16.1 Å². The van der Waals surface area contributed by atoms with Crippen molar-refractivity contribution in [1.82, 2.24) is 19.6 Å². The molecular formula is C25H32N4O2S. The summed E-state index contributed by atoms with van der Waals surface area (Å²) in [6.45, 7) is 6.11. The first-order valence-corrected chi connectivity index (χ1v) is 12.8. The summed E-state index contributed by atoms with van der Waals surface area (Å²) in [6, 6.07) is 8.76. The minimum absolute atomic E-state index is 0.0448. The summed E-state index contributed by atoms with van der Waals surface area (Å²) >= 11 is 1.63. The predicted octanol–water partition coefficient (Wildman–Crippen LogP) is 4.18. The fourth-order valence-electron chi connectivity index (χ4n) is 5.39. The number of thiophene rings is 1. The van der Waals surface area contributed by atoms with E-state index < -0.39 is 0 Å². The molecule has 1 saturated heterocycles. The number of nitrogens with zero attached hydrogens (tertiary/aromatic N) is 4. The third kappa shape index (κ3) is 4.20. The third-order valence-electron chi connectivity index (χ3n) is 7.16. The van der Waals surface area contributed by atoms with Crippen molar-refractivity contribution in [3.63, 3.8) is 0 Å². The van der Waals surface area contributed by atoms with Crippen molar-refractivity contribution >= 4 is 37.4 Å². The molecule has 1 amide bonds. The minimum atomic E-state index is -0.0448. The maximum atomic E-state index is 13.1. The van der Waals surface area contributed by atoms with E-state index in [1.54, 1.807) is 16.0 Å². The molecule has 0 N–H and O–H groups in total. The van der Waals surface area contributed by atoms with Crippen molar-refractivity contribution in [3.05, 3.63) is 40.3 Å². The molecule has 1 aliphatic carbocycles. The van der Waals surface area contributed by atoms with E-state index >= 15 is 0 Å². The molecule has 0 bridgehead atoms. The molecule has 0 unspecified atom stereocenters. The largest absolute Gasteiger partial charge is 0.340 e. The summed E-state index contributed by atoms with van der Waals surface area (Å²) in [5, 5.41) is 6.32. The fraction of sp³-hybridized carbons (Fsp3) is 0.560. The molecule has 2 fully saturated rings. The van der Waals surface area contributed by atoms with Gasteiger partial charge in [0.25, 0.3) is 5.56 Å². The summed E-state index contributed by atoms with van der Waals surface area (Å²) in [7, 11) is 0. The highest BCUT2D eigenvalue weighted by molar-refractivity contribution is 7.26. The molecule has 0 atom stereocenters. The molecule has 2 aliphatic rings. The van der Waals surface area contributed by atoms with Crippen LogP contribution in [-0.2, 0) is 11.3 Å². The van der Waals surface area contributed by atoms with Crippen molar-refractivity contribution < 1.29 is 4.79 Å². The van der Waals surface area contributed by atoms with Crippen LogP contribution in [0.5, 0.6) is 0 Å². The van der Waals surface area contributed by atoms with Crippen molar-refractivity contribution in [1.29, 1.82) is 0 Å². The molecule has 3 aromatic rings. The first-order valence-electron chi connectivity index (χ1n) is 12.0. The molecule has 0 radical (unpaired) electrons. The van der Waals surface area contributed by atoms with Crippen LogP contribution in [0.1, 0.15) is 50.6 Å². The Balaban J connectivity index is 1.19. The average molecular weight is 453 g/mol. The fourth-order valence-corrected chi connectivity index (χ4v) is 6.52. The van der Waals surface area contributed by atoms with Crippen molar-refractivity contribution in [3.8, 4) is 0 Å². The van der Waals surface area contributed by atoms with E-state index in [1.165, 1.54) is 32.1 Å². The summed E-state index contributed by atoms with van der Waals surface area (Å²) in [5.74, 6) is 0.208. The maximum absolute atomic E-state index is 13.1. The monoisotopic (exact) mass is 452 g/mol. The normalized spacial score (nSPS) is 18.6. The van der Waals surface area contributed by atoms with E-state index in [-0.39, 0.29) is 11.5 Å². The Hall–Kier alpha value is -2.25. The zero-order chi connectivity index (χ0) is 22.1. The lowest BCUT2D eigenvalue weighted by molar-refractivity contribution is -0.133. The van der Waals surface area contributed by atoms with Crippen molar-refractivity contribution in [2.75, 3.05) is 26.2 Å². The van der Waals surface area contributed by atoms with E-state index in [4.69, 9.17) is 0 Å². The van der Waals surface area contributed by atoms with Gasteiger partial charge in [0, 0.05) is 55.3 Å². The molecule has 1 saturated carbocycles. The topological polar surface area (TPSA) is 58.4 Å². The second-order valence-corrected chi connectivity index (χ2v) is 10.3. The highest BCUT2D eigenvalue weighted by atomic mass is 32.1. The van der Waals surface area contributed by atoms with Crippen molar-refractivity contribution in [2.24, 2.45) is 0 Å². The molecule has 2 aromatic heterocycles. The van der Waals surface area contributed by atoms with Crippen LogP contribution in [0.2, 0.25) is 0 Å². The lowest BCUT2D eigenvalue weighted by Crippen LogP contribution is -2.52. The first-order chi connectivity index (χ1) is 15.6. The molecule has 7 heteroatoms. The lowest BCUT2D eigenvalue weighted by atomic mass is 9.94. The summed E-state index contributed by atoms with van der Waals surface area (Å²) in [5.41, 5.74) is 0.836. The lowest BCUT2D eigenvalue weighted by Gasteiger charge is -2.40. The third-order valence-corrected chi connectivity index (χ3v) is 8.44. The van der Waals surface area contributed by atoms with Crippen LogP contribution in [-0.4, -0.2) is 57.7 Å². The molecule has 1 aliphatic heterocycles. The SMILES string of the molecule is Cc1nn(CCCC(=O)N2CCN(C3CCCCC3)CC2)c(=O)c2c1sc1ccccc12. The van der Waals surface area contributed by atoms with E-state index in [0.29, 0.717) is 19.4 Å². The molecule has 1 aromatic carbocycles. The number of carbonyl (C=O) groups excluding carboxylic acids is 1. The van der Waals surface area contributed by atoms with Gasteiger partial charge in [0.2, 0.25) is 5.91 Å². The molecule has 5 rings (SSSR count). The van der Waals surface area contributed by atoms with Gasteiger partial charge in [-0.05, 0) is 32.3 Å². The number of amides is 1. The number of fused-ring (bicyclic) bond motifs is 3. The number of hydrogen-bond donors (Lipinski definition) is 0. The Labute approximate surface area is 192 Å². The number of carbonyl (C=O) groups is 1. The Bertz CT molecular complexity index is 1170. The zero-order valence-corrected chi connectivity index (χ0v) is 19.7. The molecule has 3 heterocycles. The Kier molecular flexibility index (Phi) is 6.28. The van der Waals surface area contributed by atoms with Crippen LogP contribution in [0.4, 0.5) is 0 Å². The van der Waals surface area contributed by atoms with Crippen LogP contribution in [0.3, 0.4) is 0 Å². The van der Waals surface area contributed by atoms with E-state index in [9.17, 15) is 9.59 Å². The van der Waals surface area contributed by atoms with Gasteiger partial charge in [-0.15, -0.1) is 11.3 Å². The standard InChI is InChI=1S/C25H32N4O2S/c1-18-24-23(20-10-5-6-11-21(20)32-24)25(31)29(26-18)13-7-12-22(30)28-16-14-27(15-17-28)19-8-3-2-4-9-19/h5-6,10-11,19H,2-4,7-9,12-17H2,1H3. The van der Waals surface area contributed by atoms with Gasteiger partial charge >= 0.3 is 0 Å². The van der Waals surface area contributed by atoms with Gasteiger partial charge in [0.15, 0.2) is 0 Å². The van der Waals surface area contributed by atoms with E-state index in [0.717, 1.165) is 58.1 Å². The molecule has 0 spiro atoms. The Morgan fingerprint density at radius 3 is 2.62 bits per heavy atom. The Morgan fingerprint density at radius 2 is 1.84 bits per heavy atom. The van der Waals surface area contributed by atoms with Gasteiger partial charge in [-0.2, -0.15) is 5.10 Å². The van der Waals surface area contributed by atoms with Gasteiger partial charge in [-0.1, -0.05) is 37.5 Å². The number of aryl methyl sites for hydroxylation is 2. The van der Waals surface area contributed by atoms with Crippen LogP contribution in [0.15, 0.2) is 29.1 Å². The second kappa shape index (κ2) is 9.32. The van der Waals surface area contributed by atoms with Gasteiger partial charge < -0.3 is 4.90 Å². The number of rotatable bonds is 5. The first kappa shape index (κ1) is 21.6. The van der Waals surface area contributed by atoms with Gasteiger partial charge in [0.1, 0.15) is 0 Å². The molecular weight excluding hydrogens is 420 g/mol. The highest BCUT2D eigenvalue weighted by Gasteiger charge is 2.26. The maximum Gasteiger partial charge on any atom is 0.276 e. The number of aromatic nitrogens is 2. The second-order valence-electron chi connectivity index (χ2n) is 9.23. The minimum Gasteiger partial charge on any atom is -0.340 e. The van der Waals surface area contributed by atoms with Gasteiger partial charge in [-0.25, -0.2) is 4.68 Å². The smallest absolute Gasteiger partial charge is 0.276 e. The molecule has 170 valence electrons. The zero-order valence-electron chi connectivity index (χ0n) is 18.9. The number of benzene rings is 1. The van der Waals surface area contributed by atoms with Gasteiger partial charge in [-0.3, -0.25) is 14.5 Å². The predicted molar refractivity (Wildman–Crippen MR) is 130 cm³/mol. The highest BCUT2D eigenvalue weighted by Crippen LogP contribution is 2.32. The van der Waals surface area contributed by atoms with E-state index in [1.807, 2.05) is 30.0 Å².